The molecule has 1 aromatic carbocycles. The van der Waals surface area contributed by atoms with E-state index in [-0.39, 0.29) is 18.2 Å². The molecule has 0 unspecified atom stereocenters. The van der Waals surface area contributed by atoms with Gasteiger partial charge in [0, 0.05) is 18.9 Å². The highest BCUT2D eigenvalue weighted by molar-refractivity contribution is 6.03. The van der Waals surface area contributed by atoms with E-state index in [9.17, 15) is 14.4 Å². The van der Waals surface area contributed by atoms with Crippen molar-refractivity contribution in [2.45, 2.75) is 59.5 Å². The van der Waals surface area contributed by atoms with Crippen molar-refractivity contribution in [3.05, 3.63) is 58.4 Å². The second-order valence-corrected chi connectivity index (χ2v) is 6.78. The second-order valence-electron chi connectivity index (χ2n) is 6.78. The van der Waals surface area contributed by atoms with Crippen LogP contribution in [0.3, 0.4) is 0 Å². The maximum absolute atomic E-state index is 12.6. The summed E-state index contributed by atoms with van der Waals surface area (Å²) in [4.78, 5) is 38.6. The molecule has 0 spiro atoms. The Labute approximate surface area is 160 Å². The Hall–Kier alpha value is -2.69. The minimum Gasteiger partial charge on any atom is -0.459 e. The quantitative estimate of drug-likeness (QED) is 0.378. The summed E-state index contributed by atoms with van der Waals surface area (Å²) in [5.41, 5.74) is 3.33. The van der Waals surface area contributed by atoms with E-state index < -0.39 is 5.97 Å². The Morgan fingerprint density at radius 3 is 2.33 bits per heavy atom. The van der Waals surface area contributed by atoms with E-state index in [1.54, 1.807) is 6.92 Å². The van der Waals surface area contributed by atoms with E-state index >= 15 is 0 Å². The zero-order chi connectivity index (χ0) is 19.8. The molecule has 0 bridgehead atoms. The Morgan fingerprint density at radius 1 is 1.00 bits per heavy atom. The van der Waals surface area contributed by atoms with Crippen molar-refractivity contribution in [2.24, 2.45) is 0 Å². The van der Waals surface area contributed by atoms with Crippen LogP contribution in [0.1, 0.15) is 77.2 Å². The summed E-state index contributed by atoms with van der Waals surface area (Å²) in [6.07, 6.45) is 4.26. The average molecular weight is 369 g/mol. The summed E-state index contributed by atoms with van der Waals surface area (Å²) in [6.45, 7) is 4.48. The van der Waals surface area contributed by atoms with Crippen molar-refractivity contribution in [3.8, 4) is 0 Å². The van der Waals surface area contributed by atoms with Gasteiger partial charge in [-0.05, 0) is 44.2 Å². The topological polar surface area (TPSA) is 76.2 Å². The molecule has 2 rings (SSSR count). The normalized spacial score (nSPS) is 10.6. The first-order valence-electron chi connectivity index (χ1n) is 9.33. The maximum atomic E-state index is 12.6. The lowest BCUT2D eigenvalue weighted by Gasteiger charge is -2.03. The molecule has 0 aliphatic heterocycles. The minimum absolute atomic E-state index is 0.0104. The first-order valence-corrected chi connectivity index (χ1v) is 9.33. The minimum atomic E-state index is -0.428. The highest BCUT2D eigenvalue weighted by Crippen LogP contribution is 2.22. The van der Waals surface area contributed by atoms with Crippen molar-refractivity contribution in [2.75, 3.05) is 0 Å². The van der Waals surface area contributed by atoms with Gasteiger partial charge >= 0.3 is 5.97 Å². The van der Waals surface area contributed by atoms with E-state index in [0.717, 1.165) is 25.7 Å². The molecule has 0 amide bonds. The predicted octanol–water partition coefficient (Wildman–Crippen LogP) is 4.57. The Kier molecular flexibility index (Phi) is 7.53. The number of benzene rings is 1. The number of Topliss-reactive ketones (excluding diaryl/α,β-unsaturated/α-hetero) is 2. The molecule has 0 saturated carbocycles. The van der Waals surface area contributed by atoms with E-state index in [1.807, 2.05) is 18.2 Å². The van der Waals surface area contributed by atoms with Crippen LogP contribution in [0, 0.1) is 6.92 Å². The third-order valence-corrected chi connectivity index (χ3v) is 4.59. The Morgan fingerprint density at radius 2 is 1.70 bits per heavy atom. The zero-order valence-electron chi connectivity index (χ0n) is 16.3. The molecule has 27 heavy (non-hydrogen) atoms. The van der Waals surface area contributed by atoms with Crippen molar-refractivity contribution < 1.29 is 19.1 Å². The molecular formula is C22H27NO4. The van der Waals surface area contributed by atoms with Crippen LogP contribution in [0.4, 0.5) is 0 Å². The third-order valence-electron chi connectivity index (χ3n) is 4.59. The summed E-state index contributed by atoms with van der Waals surface area (Å²) in [7, 11) is 0. The fourth-order valence-corrected chi connectivity index (χ4v) is 3.26. The number of carbonyl (C=O) groups is 3. The smallest absolute Gasteiger partial charge is 0.303 e. The number of esters is 1. The fourth-order valence-electron chi connectivity index (χ4n) is 3.26. The number of ketones is 2. The third kappa shape index (κ3) is 5.91. The van der Waals surface area contributed by atoms with E-state index in [2.05, 4.69) is 17.1 Å². The molecule has 0 fully saturated rings. The van der Waals surface area contributed by atoms with Gasteiger partial charge in [0.05, 0.1) is 11.4 Å². The number of H-pyrrole nitrogens is 1. The first-order chi connectivity index (χ1) is 12.9. The molecule has 1 N–H and O–H groups in total. The lowest BCUT2D eigenvalue weighted by atomic mass is 10.0. The molecule has 2 aromatic rings. The summed E-state index contributed by atoms with van der Waals surface area (Å²) < 4.78 is 4.99. The number of aryl methyl sites for hydroxylation is 1. The summed E-state index contributed by atoms with van der Waals surface area (Å²) in [5, 5.41) is 0. The summed E-state index contributed by atoms with van der Waals surface area (Å²) in [5.74, 6) is -0.584. The van der Waals surface area contributed by atoms with Gasteiger partial charge in [-0.25, -0.2) is 0 Å². The highest BCUT2D eigenvalue weighted by Gasteiger charge is 2.22. The molecule has 0 radical (unpaired) electrons. The monoisotopic (exact) mass is 369 g/mol. The number of hydrogen-bond acceptors (Lipinski definition) is 4. The van der Waals surface area contributed by atoms with E-state index in [4.69, 9.17) is 4.74 Å². The molecule has 0 saturated heterocycles. The first kappa shape index (κ1) is 20.6. The van der Waals surface area contributed by atoms with Crippen LogP contribution in [-0.4, -0.2) is 22.5 Å². The molecule has 0 atom stereocenters. The highest BCUT2D eigenvalue weighted by atomic mass is 16.5. The molecule has 5 heteroatoms. The maximum Gasteiger partial charge on any atom is 0.303 e. The number of nitrogens with one attached hydrogen (secondary N) is 1. The van der Waals surface area contributed by atoms with Gasteiger partial charge in [0.25, 0.3) is 0 Å². The Bertz CT molecular complexity index is 805. The van der Waals surface area contributed by atoms with Crippen LogP contribution in [-0.2, 0) is 22.6 Å². The average Bonchev–Trinajstić information content (AvgIpc) is 2.97. The molecule has 0 aliphatic carbocycles. The van der Waals surface area contributed by atoms with Gasteiger partial charge in [-0.1, -0.05) is 36.8 Å². The molecule has 0 aliphatic rings. The zero-order valence-corrected chi connectivity index (χ0v) is 16.3. The largest absolute Gasteiger partial charge is 0.459 e. The fraction of sp³-hybridized carbons (Fsp3) is 0.409. The van der Waals surface area contributed by atoms with E-state index in [0.29, 0.717) is 28.9 Å². The van der Waals surface area contributed by atoms with Gasteiger partial charge in [0.2, 0.25) is 0 Å². The van der Waals surface area contributed by atoms with Crippen molar-refractivity contribution in [1.29, 1.82) is 0 Å². The number of carbonyl (C=O) groups excluding carboxylic acids is 3. The van der Waals surface area contributed by atoms with Gasteiger partial charge in [0.1, 0.15) is 6.61 Å². The number of aromatic amines is 1. The van der Waals surface area contributed by atoms with Crippen LogP contribution in [0.2, 0.25) is 0 Å². The van der Waals surface area contributed by atoms with Crippen LogP contribution < -0.4 is 0 Å². The molecule has 1 aromatic heterocycles. The Balaban J connectivity index is 1.92. The van der Waals surface area contributed by atoms with Crippen molar-refractivity contribution in [3.63, 3.8) is 0 Å². The second kappa shape index (κ2) is 9.86. The van der Waals surface area contributed by atoms with Crippen LogP contribution in [0.5, 0.6) is 0 Å². The standard InChI is InChI=1S/C22H27NO4/c1-15-21(16(2)24)19(14-27-17(3)25)23-22(15)20(26)13-9-5-8-12-18-10-6-4-7-11-18/h4,6-7,10-11,23H,5,8-9,12-14H2,1-3H3. The molecule has 144 valence electrons. The van der Waals surface area contributed by atoms with Gasteiger partial charge < -0.3 is 9.72 Å². The number of ether oxygens (including phenoxy) is 1. The number of unbranched alkanes of at least 4 members (excludes halogenated alkanes) is 2. The van der Waals surface area contributed by atoms with Gasteiger partial charge in [-0.2, -0.15) is 0 Å². The predicted molar refractivity (Wildman–Crippen MR) is 104 cm³/mol. The number of aromatic nitrogens is 1. The van der Waals surface area contributed by atoms with Gasteiger partial charge in [-0.3, -0.25) is 14.4 Å². The lowest BCUT2D eigenvalue weighted by molar-refractivity contribution is -0.142. The van der Waals surface area contributed by atoms with Crippen LogP contribution in [0.25, 0.3) is 0 Å². The van der Waals surface area contributed by atoms with Crippen LogP contribution >= 0.6 is 0 Å². The van der Waals surface area contributed by atoms with Crippen molar-refractivity contribution in [1.82, 2.24) is 4.98 Å². The summed E-state index contributed by atoms with van der Waals surface area (Å²) >= 11 is 0. The lowest BCUT2D eigenvalue weighted by Crippen LogP contribution is -2.04. The molecular weight excluding hydrogens is 342 g/mol. The van der Waals surface area contributed by atoms with Crippen LogP contribution in [0.15, 0.2) is 30.3 Å². The SMILES string of the molecule is CC(=O)OCc1[nH]c(C(=O)CCCCCc2ccccc2)c(C)c1C(C)=O. The number of rotatable bonds is 10. The van der Waals surface area contributed by atoms with Gasteiger partial charge in [-0.15, -0.1) is 0 Å². The van der Waals surface area contributed by atoms with Gasteiger partial charge in [0.15, 0.2) is 11.6 Å². The van der Waals surface area contributed by atoms with E-state index in [1.165, 1.54) is 19.4 Å². The molecule has 5 nitrogen and oxygen atoms in total. The number of hydrogen-bond donors (Lipinski definition) is 1. The molecule has 1 heterocycles. The summed E-state index contributed by atoms with van der Waals surface area (Å²) in [6, 6.07) is 10.3. The van der Waals surface area contributed by atoms with Crippen molar-refractivity contribution >= 4 is 17.5 Å².